The molecule has 1 aliphatic rings. The molecule has 0 saturated carbocycles. The molecule has 174 valence electrons. The van der Waals surface area contributed by atoms with E-state index in [9.17, 15) is 9.59 Å². The molecule has 0 aliphatic carbocycles. The molecule has 1 aromatic carbocycles. The SMILES string of the molecule is Cc1cc([C@H](C(=O)N2CCCC2C(=O)NCc2ccc(-c3scnc3C)cc2)C(C)C)on1. The van der Waals surface area contributed by atoms with Crippen LogP contribution in [-0.2, 0) is 16.1 Å². The Kier molecular flexibility index (Phi) is 6.93. The number of carbonyl (C=O) groups is 2. The van der Waals surface area contributed by atoms with Gasteiger partial charge in [0.15, 0.2) is 0 Å². The number of likely N-dealkylation sites (tertiary alicyclic amines) is 1. The molecule has 1 fully saturated rings. The second-order valence-electron chi connectivity index (χ2n) is 8.96. The number of rotatable bonds is 7. The lowest BCUT2D eigenvalue weighted by atomic mass is 9.91. The first-order chi connectivity index (χ1) is 15.8. The third kappa shape index (κ3) is 5.00. The molecule has 2 amide bonds. The Morgan fingerprint density at radius 1 is 1.24 bits per heavy atom. The van der Waals surface area contributed by atoms with Gasteiger partial charge in [-0.1, -0.05) is 43.3 Å². The molecule has 1 saturated heterocycles. The summed E-state index contributed by atoms with van der Waals surface area (Å²) in [5.74, 6) is -0.0189. The van der Waals surface area contributed by atoms with E-state index in [-0.39, 0.29) is 17.7 Å². The van der Waals surface area contributed by atoms with Crippen LogP contribution in [0.2, 0.25) is 0 Å². The normalized spacial score (nSPS) is 16.9. The number of hydrogen-bond donors (Lipinski definition) is 1. The highest BCUT2D eigenvalue weighted by Crippen LogP contribution is 2.31. The van der Waals surface area contributed by atoms with Crippen molar-refractivity contribution >= 4 is 23.2 Å². The van der Waals surface area contributed by atoms with Crippen LogP contribution < -0.4 is 5.32 Å². The minimum absolute atomic E-state index is 0.0369. The second kappa shape index (κ2) is 9.87. The van der Waals surface area contributed by atoms with E-state index in [1.807, 2.05) is 51.4 Å². The molecule has 2 aromatic heterocycles. The summed E-state index contributed by atoms with van der Waals surface area (Å²) < 4.78 is 5.41. The highest BCUT2D eigenvalue weighted by atomic mass is 32.1. The van der Waals surface area contributed by atoms with Crippen LogP contribution in [0.1, 0.15) is 55.3 Å². The van der Waals surface area contributed by atoms with E-state index >= 15 is 0 Å². The van der Waals surface area contributed by atoms with Crippen LogP contribution >= 0.6 is 11.3 Å². The van der Waals surface area contributed by atoms with Gasteiger partial charge in [0, 0.05) is 19.2 Å². The van der Waals surface area contributed by atoms with E-state index < -0.39 is 12.0 Å². The van der Waals surface area contributed by atoms with Gasteiger partial charge in [-0.15, -0.1) is 11.3 Å². The molecule has 33 heavy (non-hydrogen) atoms. The third-order valence-electron chi connectivity index (χ3n) is 6.15. The minimum atomic E-state index is -0.457. The number of thiazole rings is 1. The van der Waals surface area contributed by atoms with Crippen LogP contribution in [0.5, 0.6) is 0 Å². The molecular formula is C25H30N4O3S. The Morgan fingerprint density at radius 3 is 2.61 bits per heavy atom. The van der Waals surface area contributed by atoms with Gasteiger partial charge >= 0.3 is 0 Å². The third-order valence-corrected chi connectivity index (χ3v) is 7.13. The fourth-order valence-corrected chi connectivity index (χ4v) is 5.22. The molecule has 1 aliphatic heterocycles. The van der Waals surface area contributed by atoms with E-state index in [1.54, 1.807) is 16.2 Å². The van der Waals surface area contributed by atoms with Crippen molar-refractivity contribution < 1.29 is 14.1 Å². The van der Waals surface area contributed by atoms with Crippen molar-refractivity contribution in [1.29, 1.82) is 0 Å². The molecule has 0 radical (unpaired) electrons. The van der Waals surface area contributed by atoms with Crippen molar-refractivity contribution in [3.8, 4) is 10.4 Å². The Morgan fingerprint density at radius 2 is 2.00 bits per heavy atom. The first-order valence-corrected chi connectivity index (χ1v) is 12.2. The zero-order chi connectivity index (χ0) is 23.5. The highest BCUT2D eigenvalue weighted by Gasteiger charge is 2.39. The van der Waals surface area contributed by atoms with Crippen molar-refractivity contribution in [3.05, 3.63) is 58.6 Å². The Bertz CT molecular complexity index is 1120. The van der Waals surface area contributed by atoms with Gasteiger partial charge in [0.1, 0.15) is 17.7 Å². The van der Waals surface area contributed by atoms with Crippen LogP contribution in [0.3, 0.4) is 0 Å². The summed E-state index contributed by atoms with van der Waals surface area (Å²) in [5.41, 5.74) is 5.76. The number of nitrogens with zero attached hydrogens (tertiary/aromatic N) is 3. The molecule has 0 bridgehead atoms. The Labute approximate surface area is 198 Å². The first kappa shape index (κ1) is 23.2. The van der Waals surface area contributed by atoms with E-state index in [4.69, 9.17) is 4.52 Å². The molecule has 2 atom stereocenters. The fourth-order valence-electron chi connectivity index (χ4n) is 4.41. The van der Waals surface area contributed by atoms with Gasteiger partial charge in [-0.3, -0.25) is 9.59 Å². The lowest BCUT2D eigenvalue weighted by Crippen LogP contribution is -2.47. The highest BCUT2D eigenvalue weighted by molar-refractivity contribution is 7.13. The molecule has 4 rings (SSSR count). The number of carbonyl (C=O) groups excluding carboxylic acids is 2. The number of amides is 2. The van der Waals surface area contributed by atoms with Crippen LogP contribution in [0.25, 0.3) is 10.4 Å². The fraction of sp³-hybridized carbons (Fsp3) is 0.440. The summed E-state index contributed by atoms with van der Waals surface area (Å²) in [5, 5.41) is 6.97. The van der Waals surface area contributed by atoms with Gasteiger partial charge < -0.3 is 14.7 Å². The average molecular weight is 467 g/mol. The molecule has 8 heteroatoms. The number of aromatic nitrogens is 2. The van der Waals surface area contributed by atoms with Crippen molar-refractivity contribution in [2.75, 3.05) is 6.54 Å². The summed E-state index contributed by atoms with van der Waals surface area (Å²) in [7, 11) is 0. The Hall–Kier alpha value is -3.00. The van der Waals surface area contributed by atoms with Gasteiger partial charge in [-0.2, -0.15) is 0 Å². The first-order valence-electron chi connectivity index (χ1n) is 11.4. The van der Waals surface area contributed by atoms with Crippen molar-refractivity contribution in [2.45, 2.75) is 59.0 Å². The number of nitrogens with one attached hydrogen (secondary N) is 1. The molecule has 3 heterocycles. The van der Waals surface area contributed by atoms with E-state index in [2.05, 4.69) is 27.6 Å². The summed E-state index contributed by atoms with van der Waals surface area (Å²) in [4.78, 5) is 33.6. The summed E-state index contributed by atoms with van der Waals surface area (Å²) >= 11 is 1.62. The van der Waals surface area contributed by atoms with Crippen molar-refractivity contribution in [3.63, 3.8) is 0 Å². The average Bonchev–Trinajstić information content (AvgIpc) is 3.53. The predicted molar refractivity (Wildman–Crippen MR) is 128 cm³/mol. The second-order valence-corrected chi connectivity index (χ2v) is 9.82. The summed E-state index contributed by atoms with van der Waals surface area (Å²) in [6.07, 6.45) is 1.48. The van der Waals surface area contributed by atoms with Gasteiger partial charge in [-0.25, -0.2) is 4.98 Å². The van der Waals surface area contributed by atoms with Gasteiger partial charge in [-0.05, 0) is 43.7 Å². The van der Waals surface area contributed by atoms with Gasteiger partial charge in [0.25, 0.3) is 0 Å². The molecule has 0 spiro atoms. The van der Waals surface area contributed by atoms with Crippen LogP contribution in [0, 0.1) is 19.8 Å². The van der Waals surface area contributed by atoms with E-state index in [0.717, 1.165) is 33.8 Å². The molecule has 1 N–H and O–H groups in total. The maximum absolute atomic E-state index is 13.4. The molecule has 3 aromatic rings. The van der Waals surface area contributed by atoms with E-state index in [0.29, 0.717) is 25.3 Å². The lowest BCUT2D eigenvalue weighted by molar-refractivity contribution is -0.140. The molecule has 7 nitrogen and oxygen atoms in total. The summed E-state index contributed by atoms with van der Waals surface area (Å²) in [6, 6.07) is 9.51. The van der Waals surface area contributed by atoms with Gasteiger partial charge in [0.2, 0.25) is 11.8 Å². The van der Waals surface area contributed by atoms with Crippen molar-refractivity contribution in [2.24, 2.45) is 5.92 Å². The van der Waals surface area contributed by atoms with Crippen molar-refractivity contribution in [1.82, 2.24) is 20.4 Å². The lowest BCUT2D eigenvalue weighted by Gasteiger charge is -2.28. The largest absolute Gasteiger partial charge is 0.360 e. The van der Waals surface area contributed by atoms with E-state index in [1.165, 1.54) is 0 Å². The quantitative estimate of drug-likeness (QED) is 0.555. The minimum Gasteiger partial charge on any atom is -0.360 e. The number of benzene rings is 1. The smallest absolute Gasteiger partial charge is 0.243 e. The number of aryl methyl sites for hydroxylation is 2. The van der Waals surface area contributed by atoms with Gasteiger partial charge in [0.05, 0.1) is 21.8 Å². The standard InChI is InChI=1S/C25H30N4O3S/c1-15(2)22(21-12-16(3)28-32-21)25(31)29-11-5-6-20(29)24(30)26-13-18-7-9-19(10-8-18)23-17(4)27-14-33-23/h7-10,12,14-15,20,22H,5-6,11,13H2,1-4H3,(H,26,30)/t20?,22-/m1/s1. The predicted octanol–water partition coefficient (Wildman–Crippen LogP) is 4.46. The summed E-state index contributed by atoms with van der Waals surface area (Å²) in [6.45, 7) is 8.82. The molecular weight excluding hydrogens is 436 g/mol. The van der Waals surface area contributed by atoms with Crippen LogP contribution in [-0.4, -0.2) is 39.4 Å². The zero-order valence-electron chi connectivity index (χ0n) is 19.5. The molecule has 1 unspecified atom stereocenters. The maximum atomic E-state index is 13.4. The number of hydrogen-bond acceptors (Lipinski definition) is 6. The van der Waals surface area contributed by atoms with Crippen LogP contribution in [0.4, 0.5) is 0 Å². The zero-order valence-corrected chi connectivity index (χ0v) is 20.3. The Balaban J connectivity index is 1.40. The topological polar surface area (TPSA) is 88.3 Å². The monoisotopic (exact) mass is 466 g/mol. The maximum Gasteiger partial charge on any atom is 0.243 e. The van der Waals surface area contributed by atoms with Crippen LogP contribution in [0.15, 0.2) is 40.4 Å².